The standard InChI is InChI=1S/C34H45N7O3/c1-3-4-11-29-38-32-33(27-9-5-6-10-28(27)37-34(32)35)41(29)20-8-19-40(30(42)24-39-18-7-16-36-17-21-39)23-26-14-12-25(13-15-26)22-31(43)44-2/h5-6,9-10,12-15,36H,3-4,7-8,11,16-24H2,1-2H3,(H2,35,37). The predicted octanol–water partition coefficient (Wildman–Crippen LogP) is 3.94. The van der Waals surface area contributed by atoms with Gasteiger partial charge in [0, 0.05) is 44.5 Å². The highest BCUT2D eigenvalue weighted by molar-refractivity contribution is 6.06. The summed E-state index contributed by atoms with van der Waals surface area (Å²) < 4.78 is 7.11. The van der Waals surface area contributed by atoms with Crippen molar-refractivity contribution in [3.8, 4) is 0 Å². The van der Waals surface area contributed by atoms with Crippen LogP contribution in [-0.4, -0.2) is 82.6 Å². The zero-order chi connectivity index (χ0) is 30.9. The molecule has 3 N–H and O–H groups in total. The van der Waals surface area contributed by atoms with Crippen molar-refractivity contribution >= 4 is 39.6 Å². The van der Waals surface area contributed by atoms with Crippen LogP contribution in [0.5, 0.6) is 0 Å². The lowest BCUT2D eigenvalue weighted by Crippen LogP contribution is -2.41. The number of unbranched alkanes of at least 4 members (excludes halogenated alkanes) is 1. The average Bonchev–Trinajstić information content (AvgIpc) is 3.20. The summed E-state index contributed by atoms with van der Waals surface area (Å²) in [4.78, 5) is 39.3. The molecule has 2 aromatic heterocycles. The van der Waals surface area contributed by atoms with E-state index in [0.29, 0.717) is 25.5 Å². The number of fused-ring (bicyclic) bond motifs is 3. The van der Waals surface area contributed by atoms with Crippen LogP contribution < -0.4 is 11.1 Å². The van der Waals surface area contributed by atoms with E-state index in [1.807, 2.05) is 47.4 Å². The Hall–Kier alpha value is -4.02. The van der Waals surface area contributed by atoms with Crippen LogP contribution >= 0.6 is 0 Å². The number of amides is 1. The molecule has 3 heterocycles. The van der Waals surface area contributed by atoms with E-state index in [9.17, 15) is 9.59 Å². The Kier molecular flexibility index (Phi) is 10.8. The minimum absolute atomic E-state index is 0.131. The van der Waals surface area contributed by atoms with Crippen LogP contribution in [0.4, 0.5) is 5.82 Å². The second-order valence-electron chi connectivity index (χ2n) is 11.6. The summed E-state index contributed by atoms with van der Waals surface area (Å²) in [6.07, 6.45) is 5.02. The topological polar surface area (TPSA) is 119 Å². The first-order valence-electron chi connectivity index (χ1n) is 15.9. The van der Waals surface area contributed by atoms with E-state index in [0.717, 1.165) is 104 Å². The SMILES string of the molecule is CCCCc1nc2c(N)nc3ccccc3c2n1CCCN(Cc1ccc(CC(=O)OC)cc1)C(=O)CN1CCCNCC1. The number of imidazole rings is 1. The van der Waals surface area contributed by atoms with Crippen LogP contribution in [0.25, 0.3) is 21.9 Å². The third kappa shape index (κ3) is 7.73. The highest BCUT2D eigenvalue weighted by atomic mass is 16.5. The number of anilines is 1. The third-order valence-electron chi connectivity index (χ3n) is 8.37. The number of nitrogen functional groups attached to an aromatic ring is 1. The van der Waals surface area contributed by atoms with Crippen LogP contribution in [0.3, 0.4) is 0 Å². The molecule has 1 amide bonds. The van der Waals surface area contributed by atoms with Gasteiger partial charge >= 0.3 is 5.97 Å². The van der Waals surface area contributed by atoms with Gasteiger partial charge in [-0.1, -0.05) is 55.8 Å². The summed E-state index contributed by atoms with van der Waals surface area (Å²) in [5, 5.41) is 4.46. The predicted molar refractivity (Wildman–Crippen MR) is 174 cm³/mol. The lowest BCUT2D eigenvalue weighted by atomic mass is 10.1. The molecule has 1 saturated heterocycles. The zero-order valence-corrected chi connectivity index (χ0v) is 26.1. The Morgan fingerprint density at radius 1 is 1.02 bits per heavy atom. The van der Waals surface area contributed by atoms with Crippen molar-refractivity contribution in [3.63, 3.8) is 0 Å². The van der Waals surface area contributed by atoms with Crippen LogP contribution in [0.2, 0.25) is 0 Å². The number of ether oxygens (including phenoxy) is 1. The highest BCUT2D eigenvalue weighted by Gasteiger charge is 2.21. The molecule has 1 aliphatic rings. The zero-order valence-electron chi connectivity index (χ0n) is 26.1. The molecule has 1 fully saturated rings. The van der Waals surface area contributed by atoms with E-state index in [2.05, 4.69) is 32.8 Å². The molecule has 10 nitrogen and oxygen atoms in total. The molecule has 1 aliphatic heterocycles. The number of nitrogens with two attached hydrogens (primary N) is 1. The first-order valence-corrected chi connectivity index (χ1v) is 15.9. The van der Waals surface area contributed by atoms with Crippen molar-refractivity contribution in [3.05, 3.63) is 65.5 Å². The lowest BCUT2D eigenvalue weighted by molar-refractivity contribution is -0.139. The van der Waals surface area contributed by atoms with Crippen LogP contribution in [-0.2, 0) is 40.3 Å². The first-order chi connectivity index (χ1) is 21.5. The molecule has 4 aromatic rings. The second kappa shape index (κ2) is 15.1. The summed E-state index contributed by atoms with van der Waals surface area (Å²) in [5.74, 6) is 1.33. The van der Waals surface area contributed by atoms with Gasteiger partial charge in [-0.3, -0.25) is 14.5 Å². The molecule has 0 bridgehead atoms. The van der Waals surface area contributed by atoms with Gasteiger partial charge in [-0.05, 0) is 49.5 Å². The number of carbonyl (C=O) groups is 2. The van der Waals surface area contributed by atoms with Crippen molar-refractivity contribution in [2.24, 2.45) is 0 Å². The van der Waals surface area contributed by atoms with Gasteiger partial charge < -0.3 is 25.3 Å². The van der Waals surface area contributed by atoms with E-state index >= 15 is 0 Å². The van der Waals surface area contributed by atoms with E-state index < -0.39 is 0 Å². The van der Waals surface area contributed by atoms with Crippen molar-refractivity contribution in [2.75, 3.05) is 52.1 Å². The number of carbonyl (C=O) groups excluding carboxylic acids is 2. The normalized spacial score (nSPS) is 14.1. The molecular formula is C34H45N7O3. The number of nitrogens with zero attached hydrogens (tertiary/aromatic N) is 5. The Labute approximate surface area is 259 Å². The molecule has 0 radical (unpaired) electrons. The van der Waals surface area contributed by atoms with Crippen molar-refractivity contribution in [2.45, 2.75) is 58.5 Å². The molecule has 44 heavy (non-hydrogen) atoms. The molecule has 0 spiro atoms. The van der Waals surface area contributed by atoms with Gasteiger partial charge in [-0.2, -0.15) is 0 Å². The molecule has 234 valence electrons. The summed E-state index contributed by atoms with van der Waals surface area (Å²) in [6, 6.07) is 16.0. The monoisotopic (exact) mass is 599 g/mol. The number of benzene rings is 2. The second-order valence-corrected chi connectivity index (χ2v) is 11.6. The minimum atomic E-state index is -0.267. The molecule has 2 aromatic carbocycles. The molecule has 10 heteroatoms. The number of hydrogen-bond donors (Lipinski definition) is 2. The number of para-hydroxylation sites is 1. The number of methoxy groups -OCH3 is 1. The van der Waals surface area contributed by atoms with Gasteiger partial charge in [0.2, 0.25) is 5.91 Å². The maximum absolute atomic E-state index is 13.8. The van der Waals surface area contributed by atoms with Gasteiger partial charge in [0.1, 0.15) is 11.3 Å². The van der Waals surface area contributed by atoms with E-state index in [1.165, 1.54) is 7.11 Å². The summed E-state index contributed by atoms with van der Waals surface area (Å²) in [7, 11) is 1.40. The number of pyridine rings is 1. The molecule has 0 atom stereocenters. The molecule has 0 unspecified atom stereocenters. The summed E-state index contributed by atoms with van der Waals surface area (Å²) in [5.41, 5.74) is 11.0. The van der Waals surface area contributed by atoms with Crippen molar-refractivity contribution in [1.29, 1.82) is 0 Å². The number of hydrogen-bond acceptors (Lipinski definition) is 8. The average molecular weight is 600 g/mol. The molecule has 0 aliphatic carbocycles. The Morgan fingerprint density at radius 3 is 2.61 bits per heavy atom. The highest BCUT2D eigenvalue weighted by Crippen LogP contribution is 2.29. The van der Waals surface area contributed by atoms with Gasteiger partial charge in [0.15, 0.2) is 5.82 Å². The number of aromatic nitrogens is 3. The van der Waals surface area contributed by atoms with Crippen LogP contribution in [0, 0.1) is 0 Å². The van der Waals surface area contributed by atoms with Crippen molar-refractivity contribution in [1.82, 2.24) is 29.7 Å². The molecular weight excluding hydrogens is 554 g/mol. The summed E-state index contributed by atoms with van der Waals surface area (Å²) in [6.45, 7) is 8.10. The Morgan fingerprint density at radius 2 is 1.82 bits per heavy atom. The van der Waals surface area contributed by atoms with E-state index in [-0.39, 0.29) is 18.3 Å². The van der Waals surface area contributed by atoms with Gasteiger partial charge in [-0.15, -0.1) is 0 Å². The van der Waals surface area contributed by atoms with E-state index in [1.54, 1.807) is 0 Å². The minimum Gasteiger partial charge on any atom is -0.469 e. The van der Waals surface area contributed by atoms with Gasteiger partial charge in [-0.25, -0.2) is 9.97 Å². The maximum atomic E-state index is 13.8. The number of aryl methyl sites for hydroxylation is 2. The molecule has 5 rings (SSSR count). The fraction of sp³-hybridized carbons (Fsp3) is 0.471. The van der Waals surface area contributed by atoms with Crippen LogP contribution in [0.15, 0.2) is 48.5 Å². The smallest absolute Gasteiger partial charge is 0.309 e. The fourth-order valence-electron chi connectivity index (χ4n) is 5.96. The largest absolute Gasteiger partial charge is 0.469 e. The van der Waals surface area contributed by atoms with E-state index in [4.69, 9.17) is 15.5 Å². The third-order valence-corrected chi connectivity index (χ3v) is 8.37. The summed E-state index contributed by atoms with van der Waals surface area (Å²) >= 11 is 0. The quantitative estimate of drug-likeness (QED) is 0.222. The van der Waals surface area contributed by atoms with Crippen LogP contribution in [0.1, 0.15) is 49.6 Å². The number of esters is 1. The van der Waals surface area contributed by atoms with Gasteiger partial charge in [0.25, 0.3) is 0 Å². The van der Waals surface area contributed by atoms with Gasteiger partial charge in [0.05, 0.1) is 31.1 Å². The number of rotatable bonds is 13. The van der Waals surface area contributed by atoms with Crippen molar-refractivity contribution < 1.29 is 14.3 Å². The maximum Gasteiger partial charge on any atom is 0.309 e. The Bertz CT molecular complexity index is 1560. The number of nitrogens with one attached hydrogen (secondary N) is 1. The molecule has 0 saturated carbocycles. The Balaban J connectivity index is 1.37. The first kappa shape index (κ1) is 31.4. The fourth-order valence-corrected chi connectivity index (χ4v) is 5.96. The lowest BCUT2D eigenvalue weighted by Gasteiger charge is -2.27.